The molecule has 1 unspecified atom stereocenters. The zero-order chi connectivity index (χ0) is 9.84. The van der Waals surface area contributed by atoms with E-state index >= 15 is 0 Å². The van der Waals surface area contributed by atoms with Gasteiger partial charge in [-0.25, -0.2) is 0 Å². The Labute approximate surface area is 80.7 Å². The van der Waals surface area contributed by atoms with Crippen LogP contribution in [0.2, 0.25) is 0 Å². The van der Waals surface area contributed by atoms with Crippen molar-refractivity contribution in [2.24, 2.45) is 11.8 Å². The van der Waals surface area contributed by atoms with E-state index in [4.69, 9.17) is 4.74 Å². The van der Waals surface area contributed by atoms with Crippen LogP contribution in [0.4, 0.5) is 0 Å². The van der Waals surface area contributed by atoms with E-state index in [1.807, 2.05) is 6.92 Å². The zero-order valence-electron chi connectivity index (χ0n) is 8.88. The molecule has 0 aromatic carbocycles. The minimum absolute atomic E-state index is 0.116. The van der Waals surface area contributed by atoms with E-state index in [-0.39, 0.29) is 12.1 Å². The highest BCUT2D eigenvalue weighted by molar-refractivity contribution is 5.66. The SMILES string of the molecule is CC(=O)OC(C)C1CCC(C)CC1. The standard InChI is InChI=1S/C11H20O2/c1-8-4-6-11(7-5-8)9(2)13-10(3)12/h8-9,11H,4-7H2,1-3H3. The number of rotatable bonds is 2. The molecule has 0 aromatic rings. The normalized spacial score (nSPS) is 31.0. The molecule has 0 aromatic heterocycles. The maximum atomic E-state index is 10.7. The van der Waals surface area contributed by atoms with Crippen LogP contribution in [-0.2, 0) is 9.53 Å². The molecular weight excluding hydrogens is 164 g/mol. The van der Waals surface area contributed by atoms with Crippen LogP contribution in [0, 0.1) is 11.8 Å². The molecule has 2 nitrogen and oxygen atoms in total. The molecule has 1 atom stereocenters. The van der Waals surface area contributed by atoms with Gasteiger partial charge in [0, 0.05) is 6.92 Å². The Morgan fingerprint density at radius 2 is 1.85 bits per heavy atom. The van der Waals surface area contributed by atoms with E-state index in [2.05, 4.69) is 6.92 Å². The third-order valence-electron chi connectivity index (χ3n) is 3.08. The van der Waals surface area contributed by atoms with Crippen LogP contribution in [0.1, 0.15) is 46.5 Å². The van der Waals surface area contributed by atoms with Gasteiger partial charge < -0.3 is 4.74 Å². The fourth-order valence-electron chi connectivity index (χ4n) is 2.11. The first kappa shape index (κ1) is 10.6. The van der Waals surface area contributed by atoms with E-state index in [1.165, 1.54) is 32.6 Å². The van der Waals surface area contributed by atoms with Gasteiger partial charge in [0.15, 0.2) is 0 Å². The van der Waals surface area contributed by atoms with Gasteiger partial charge in [-0.1, -0.05) is 19.8 Å². The molecule has 76 valence electrons. The predicted octanol–water partition coefficient (Wildman–Crippen LogP) is 2.76. The molecule has 0 spiro atoms. The highest BCUT2D eigenvalue weighted by Gasteiger charge is 2.24. The van der Waals surface area contributed by atoms with Gasteiger partial charge in [0.1, 0.15) is 6.10 Å². The van der Waals surface area contributed by atoms with Crippen molar-refractivity contribution in [1.29, 1.82) is 0 Å². The lowest BCUT2D eigenvalue weighted by molar-refractivity contribution is -0.148. The average molecular weight is 184 g/mol. The maximum Gasteiger partial charge on any atom is 0.302 e. The van der Waals surface area contributed by atoms with Crippen molar-refractivity contribution < 1.29 is 9.53 Å². The summed E-state index contributed by atoms with van der Waals surface area (Å²) >= 11 is 0. The molecule has 0 saturated heterocycles. The molecule has 0 bridgehead atoms. The maximum absolute atomic E-state index is 10.7. The Balaban J connectivity index is 2.31. The molecule has 0 N–H and O–H groups in total. The van der Waals surface area contributed by atoms with Gasteiger partial charge >= 0.3 is 5.97 Å². The van der Waals surface area contributed by atoms with Gasteiger partial charge in [-0.15, -0.1) is 0 Å². The molecule has 0 heterocycles. The molecule has 1 aliphatic carbocycles. The van der Waals surface area contributed by atoms with Crippen molar-refractivity contribution in [2.45, 2.75) is 52.6 Å². The van der Waals surface area contributed by atoms with Gasteiger partial charge in [0.2, 0.25) is 0 Å². The summed E-state index contributed by atoms with van der Waals surface area (Å²) in [4.78, 5) is 10.7. The molecule has 1 rings (SSSR count). The summed E-state index contributed by atoms with van der Waals surface area (Å²) in [5, 5.41) is 0. The second-order valence-corrected chi connectivity index (χ2v) is 4.33. The number of carbonyl (C=O) groups is 1. The largest absolute Gasteiger partial charge is 0.463 e. The number of hydrogen-bond donors (Lipinski definition) is 0. The monoisotopic (exact) mass is 184 g/mol. The fraction of sp³-hybridized carbons (Fsp3) is 0.909. The summed E-state index contributed by atoms with van der Waals surface area (Å²) in [7, 11) is 0. The summed E-state index contributed by atoms with van der Waals surface area (Å²) in [5.41, 5.74) is 0. The average Bonchev–Trinajstić information content (AvgIpc) is 2.04. The van der Waals surface area contributed by atoms with Gasteiger partial charge in [0.05, 0.1) is 0 Å². The second-order valence-electron chi connectivity index (χ2n) is 4.33. The van der Waals surface area contributed by atoms with Crippen LogP contribution in [0.5, 0.6) is 0 Å². The minimum Gasteiger partial charge on any atom is -0.463 e. The highest BCUT2D eigenvalue weighted by atomic mass is 16.5. The first-order valence-corrected chi connectivity index (χ1v) is 5.26. The summed E-state index contributed by atoms with van der Waals surface area (Å²) in [6, 6.07) is 0. The molecule has 0 radical (unpaired) electrons. The number of esters is 1. The second kappa shape index (κ2) is 4.64. The van der Waals surface area contributed by atoms with Crippen LogP contribution in [0.25, 0.3) is 0 Å². The van der Waals surface area contributed by atoms with Crippen molar-refractivity contribution in [1.82, 2.24) is 0 Å². The third kappa shape index (κ3) is 3.37. The predicted molar refractivity (Wildman–Crippen MR) is 52.4 cm³/mol. The van der Waals surface area contributed by atoms with Crippen LogP contribution in [-0.4, -0.2) is 12.1 Å². The Morgan fingerprint density at radius 1 is 1.31 bits per heavy atom. The van der Waals surface area contributed by atoms with Gasteiger partial charge in [-0.05, 0) is 31.6 Å². The number of ether oxygens (including phenoxy) is 1. The van der Waals surface area contributed by atoms with Crippen molar-refractivity contribution in [3.63, 3.8) is 0 Å². The molecule has 2 heteroatoms. The molecule has 1 saturated carbocycles. The van der Waals surface area contributed by atoms with Crippen molar-refractivity contribution in [3.05, 3.63) is 0 Å². The number of carbonyl (C=O) groups excluding carboxylic acids is 1. The topological polar surface area (TPSA) is 26.3 Å². The van der Waals surface area contributed by atoms with Crippen LogP contribution in [0.15, 0.2) is 0 Å². The van der Waals surface area contributed by atoms with E-state index in [1.54, 1.807) is 0 Å². The quantitative estimate of drug-likeness (QED) is 0.617. The first-order valence-electron chi connectivity index (χ1n) is 5.26. The van der Waals surface area contributed by atoms with Crippen molar-refractivity contribution >= 4 is 5.97 Å². The smallest absolute Gasteiger partial charge is 0.302 e. The first-order chi connectivity index (χ1) is 6.09. The Kier molecular flexibility index (Phi) is 3.76. The lowest BCUT2D eigenvalue weighted by atomic mass is 9.80. The van der Waals surface area contributed by atoms with E-state index in [0.717, 1.165) is 5.92 Å². The number of hydrogen-bond acceptors (Lipinski definition) is 2. The van der Waals surface area contributed by atoms with E-state index in [0.29, 0.717) is 5.92 Å². The summed E-state index contributed by atoms with van der Waals surface area (Å²) in [6.45, 7) is 5.80. The van der Waals surface area contributed by atoms with Crippen molar-refractivity contribution in [2.75, 3.05) is 0 Å². The third-order valence-corrected chi connectivity index (χ3v) is 3.08. The highest BCUT2D eigenvalue weighted by Crippen LogP contribution is 2.31. The summed E-state index contributed by atoms with van der Waals surface area (Å²) < 4.78 is 5.19. The van der Waals surface area contributed by atoms with Crippen LogP contribution >= 0.6 is 0 Å². The van der Waals surface area contributed by atoms with E-state index in [9.17, 15) is 4.79 Å². The van der Waals surface area contributed by atoms with Gasteiger partial charge in [0.25, 0.3) is 0 Å². The fourth-order valence-corrected chi connectivity index (χ4v) is 2.11. The minimum atomic E-state index is -0.147. The Hall–Kier alpha value is -0.530. The Bertz CT molecular complexity index is 169. The molecule has 0 amide bonds. The molecule has 13 heavy (non-hydrogen) atoms. The molecule has 1 fully saturated rings. The molecular formula is C11H20O2. The van der Waals surface area contributed by atoms with Gasteiger partial charge in [-0.3, -0.25) is 4.79 Å². The van der Waals surface area contributed by atoms with Crippen LogP contribution in [0.3, 0.4) is 0 Å². The molecule has 0 aliphatic heterocycles. The van der Waals surface area contributed by atoms with E-state index < -0.39 is 0 Å². The Morgan fingerprint density at radius 3 is 2.31 bits per heavy atom. The van der Waals surface area contributed by atoms with Gasteiger partial charge in [-0.2, -0.15) is 0 Å². The summed E-state index contributed by atoms with van der Waals surface area (Å²) in [5.74, 6) is 1.31. The lowest BCUT2D eigenvalue weighted by Crippen LogP contribution is -2.26. The van der Waals surface area contributed by atoms with Crippen LogP contribution < -0.4 is 0 Å². The van der Waals surface area contributed by atoms with Crippen molar-refractivity contribution in [3.8, 4) is 0 Å². The lowest BCUT2D eigenvalue weighted by Gasteiger charge is -2.30. The molecule has 1 aliphatic rings. The zero-order valence-corrected chi connectivity index (χ0v) is 8.88. The summed E-state index contributed by atoms with van der Waals surface area (Å²) in [6.07, 6.45) is 5.13.